The zero-order chi connectivity index (χ0) is 13.8. The number of hydrogen-bond acceptors (Lipinski definition) is 4. The molecular weight excluding hydrogens is 262 g/mol. The summed E-state index contributed by atoms with van der Waals surface area (Å²) in [6, 6.07) is 0. The lowest BCUT2D eigenvalue weighted by Crippen LogP contribution is -2.44. The van der Waals surface area contributed by atoms with Gasteiger partial charge in [-0.15, -0.1) is 5.10 Å². The van der Waals surface area contributed by atoms with Crippen LogP contribution in [-0.2, 0) is 0 Å². The van der Waals surface area contributed by atoms with Crippen LogP contribution in [0.3, 0.4) is 0 Å². The van der Waals surface area contributed by atoms with Crippen molar-refractivity contribution in [3.8, 4) is 0 Å². The highest BCUT2D eigenvalue weighted by Gasteiger charge is 2.49. The van der Waals surface area contributed by atoms with Gasteiger partial charge in [-0.25, -0.2) is 0 Å². The molecule has 1 aromatic rings. The van der Waals surface area contributed by atoms with E-state index in [1.54, 1.807) is 0 Å². The van der Waals surface area contributed by atoms with E-state index in [0.717, 1.165) is 55.8 Å². The summed E-state index contributed by atoms with van der Waals surface area (Å²) in [5.74, 6) is 6.60. The first-order chi connectivity index (χ1) is 10.4. The summed E-state index contributed by atoms with van der Waals surface area (Å²) >= 11 is 0. The fourth-order valence-electron chi connectivity index (χ4n) is 5.79. The van der Waals surface area contributed by atoms with E-state index in [1.165, 1.54) is 37.9 Å². The molecule has 2 N–H and O–H groups in total. The van der Waals surface area contributed by atoms with Gasteiger partial charge >= 0.3 is 0 Å². The summed E-state index contributed by atoms with van der Waals surface area (Å²) in [6.07, 6.45) is 7.30. The van der Waals surface area contributed by atoms with Crippen molar-refractivity contribution in [1.29, 1.82) is 0 Å². The zero-order valence-corrected chi connectivity index (χ0v) is 12.6. The lowest BCUT2D eigenvalue weighted by Gasteiger charge is -2.53. The molecule has 0 spiro atoms. The van der Waals surface area contributed by atoms with Crippen LogP contribution in [0.2, 0.25) is 0 Å². The van der Waals surface area contributed by atoms with Crippen LogP contribution < -0.4 is 10.2 Å². The van der Waals surface area contributed by atoms with Gasteiger partial charge in [-0.05, 0) is 55.8 Å². The minimum Gasteiger partial charge on any atom is -0.337 e. The standard InChI is InChI=1S/C16H25N5/c1-3-21(4-2-17-1)16-18-15(19-20-16)14-12-6-10-5-11(8-12)9-13(14)7-10/h10-14,17H,1-9H2,(H,18,19,20). The Morgan fingerprint density at radius 2 is 1.57 bits per heavy atom. The van der Waals surface area contributed by atoms with Crippen molar-refractivity contribution in [3.05, 3.63) is 5.82 Å². The Kier molecular flexibility index (Phi) is 2.78. The molecular formula is C16H25N5. The largest absolute Gasteiger partial charge is 0.337 e. The van der Waals surface area contributed by atoms with Crippen LogP contribution in [0.15, 0.2) is 0 Å². The van der Waals surface area contributed by atoms with Gasteiger partial charge < -0.3 is 10.2 Å². The van der Waals surface area contributed by atoms with Gasteiger partial charge in [0.2, 0.25) is 5.95 Å². The highest BCUT2D eigenvalue weighted by atomic mass is 15.4. The zero-order valence-electron chi connectivity index (χ0n) is 12.6. The van der Waals surface area contributed by atoms with Gasteiger partial charge in [0, 0.05) is 32.1 Å². The third-order valence-electron chi connectivity index (χ3n) is 6.43. The summed E-state index contributed by atoms with van der Waals surface area (Å²) in [5, 5.41) is 11.2. The highest BCUT2D eigenvalue weighted by molar-refractivity contribution is 5.30. The quantitative estimate of drug-likeness (QED) is 0.870. The molecule has 114 valence electrons. The molecule has 5 heteroatoms. The molecule has 1 aromatic heterocycles. The predicted octanol–water partition coefficient (Wildman–Crippen LogP) is 1.75. The maximum atomic E-state index is 4.91. The fourth-order valence-corrected chi connectivity index (χ4v) is 5.79. The van der Waals surface area contributed by atoms with Gasteiger partial charge in [0.05, 0.1) is 0 Å². The minimum absolute atomic E-state index is 0.668. The number of nitrogens with zero attached hydrogens (tertiary/aromatic N) is 3. The Bertz CT molecular complexity index is 490. The van der Waals surface area contributed by atoms with Crippen molar-refractivity contribution in [2.75, 3.05) is 31.1 Å². The molecule has 0 radical (unpaired) electrons. The molecule has 5 nitrogen and oxygen atoms in total. The van der Waals surface area contributed by atoms with E-state index in [1.807, 2.05) is 0 Å². The average Bonchev–Trinajstić information content (AvgIpc) is 2.97. The van der Waals surface area contributed by atoms with Crippen LogP contribution in [0.5, 0.6) is 0 Å². The molecule has 1 aliphatic heterocycles. The molecule has 0 aromatic carbocycles. The van der Waals surface area contributed by atoms with Crippen LogP contribution in [0.4, 0.5) is 5.95 Å². The number of H-pyrrole nitrogens is 1. The van der Waals surface area contributed by atoms with Crippen LogP contribution in [0.25, 0.3) is 0 Å². The molecule has 0 amide bonds. The van der Waals surface area contributed by atoms with E-state index < -0.39 is 0 Å². The second-order valence-corrected chi connectivity index (χ2v) is 7.71. The van der Waals surface area contributed by atoms with Gasteiger partial charge in [0.1, 0.15) is 5.82 Å². The summed E-state index contributed by atoms with van der Waals surface area (Å²) in [5.41, 5.74) is 0. The van der Waals surface area contributed by atoms with Crippen LogP contribution in [-0.4, -0.2) is 41.4 Å². The maximum Gasteiger partial charge on any atom is 0.244 e. The monoisotopic (exact) mass is 287 g/mol. The van der Waals surface area contributed by atoms with Crippen LogP contribution in [0, 0.1) is 23.7 Å². The van der Waals surface area contributed by atoms with E-state index in [2.05, 4.69) is 20.4 Å². The van der Waals surface area contributed by atoms with E-state index in [9.17, 15) is 0 Å². The molecule has 1 saturated heterocycles. The topological polar surface area (TPSA) is 56.8 Å². The average molecular weight is 287 g/mol. The van der Waals surface area contributed by atoms with Gasteiger partial charge in [-0.1, -0.05) is 0 Å². The number of piperazine rings is 1. The number of hydrogen-bond donors (Lipinski definition) is 2. The lowest BCUT2D eigenvalue weighted by atomic mass is 9.52. The second-order valence-electron chi connectivity index (χ2n) is 7.71. The Balaban J connectivity index is 1.39. The van der Waals surface area contributed by atoms with E-state index in [4.69, 9.17) is 4.98 Å². The minimum atomic E-state index is 0.668. The molecule has 21 heavy (non-hydrogen) atoms. The van der Waals surface area contributed by atoms with Gasteiger partial charge in [-0.2, -0.15) is 4.98 Å². The molecule has 5 aliphatic rings. The maximum absolute atomic E-state index is 4.91. The van der Waals surface area contributed by atoms with Crippen molar-refractivity contribution < 1.29 is 0 Å². The Labute approximate surface area is 125 Å². The Hall–Kier alpha value is -1.10. The molecule has 0 atom stereocenters. The Morgan fingerprint density at radius 3 is 2.24 bits per heavy atom. The molecule has 4 bridgehead atoms. The molecule has 2 heterocycles. The summed E-state index contributed by atoms with van der Waals surface area (Å²) in [7, 11) is 0. The Morgan fingerprint density at radius 1 is 0.905 bits per heavy atom. The highest BCUT2D eigenvalue weighted by Crippen LogP contribution is 2.59. The van der Waals surface area contributed by atoms with Gasteiger partial charge in [-0.3, -0.25) is 5.10 Å². The first-order valence-electron chi connectivity index (χ1n) is 8.75. The first-order valence-corrected chi connectivity index (χ1v) is 8.75. The van der Waals surface area contributed by atoms with Crippen molar-refractivity contribution in [3.63, 3.8) is 0 Å². The van der Waals surface area contributed by atoms with Crippen molar-refractivity contribution in [2.24, 2.45) is 23.7 Å². The normalized spacial score (nSPS) is 41.7. The molecule has 0 unspecified atom stereocenters. The number of aromatic amines is 1. The van der Waals surface area contributed by atoms with Crippen molar-refractivity contribution >= 4 is 5.95 Å². The number of anilines is 1. The van der Waals surface area contributed by atoms with E-state index in [0.29, 0.717) is 5.92 Å². The smallest absolute Gasteiger partial charge is 0.244 e. The fraction of sp³-hybridized carbons (Fsp3) is 0.875. The number of nitrogens with one attached hydrogen (secondary N) is 2. The van der Waals surface area contributed by atoms with Crippen LogP contribution >= 0.6 is 0 Å². The third kappa shape index (κ3) is 2.00. The summed E-state index contributed by atoms with van der Waals surface area (Å²) in [6.45, 7) is 4.14. The summed E-state index contributed by atoms with van der Waals surface area (Å²) in [4.78, 5) is 7.22. The van der Waals surface area contributed by atoms with Gasteiger partial charge in [0.15, 0.2) is 0 Å². The van der Waals surface area contributed by atoms with Crippen molar-refractivity contribution in [2.45, 2.75) is 38.0 Å². The number of aromatic nitrogens is 3. The van der Waals surface area contributed by atoms with Crippen LogP contribution in [0.1, 0.15) is 43.8 Å². The molecule has 4 saturated carbocycles. The molecule has 5 fully saturated rings. The first kappa shape index (κ1) is 12.4. The summed E-state index contributed by atoms with van der Waals surface area (Å²) < 4.78 is 0. The second kappa shape index (κ2) is 4.70. The third-order valence-corrected chi connectivity index (χ3v) is 6.43. The van der Waals surface area contributed by atoms with Crippen molar-refractivity contribution in [1.82, 2.24) is 20.5 Å². The van der Waals surface area contributed by atoms with E-state index in [-0.39, 0.29) is 0 Å². The number of rotatable bonds is 2. The SMILES string of the molecule is C1CN(c2n[nH]c(C3C4CC5CC(C4)CC3C5)n2)CCN1. The predicted molar refractivity (Wildman–Crippen MR) is 81.3 cm³/mol. The molecule has 4 aliphatic carbocycles. The lowest BCUT2D eigenvalue weighted by molar-refractivity contribution is -0.00552. The molecule has 6 rings (SSSR count). The van der Waals surface area contributed by atoms with Gasteiger partial charge in [0.25, 0.3) is 0 Å². The van der Waals surface area contributed by atoms with E-state index >= 15 is 0 Å².